The number of hydrogen-bond donors (Lipinski definition) is 2. The van der Waals surface area contributed by atoms with Gasteiger partial charge >= 0.3 is 0 Å². The van der Waals surface area contributed by atoms with Crippen LogP contribution in [0.1, 0.15) is 11.1 Å². The molecule has 0 bridgehead atoms. The van der Waals surface area contributed by atoms with E-state index in [4.69, 9.17) is 19.9 Å². The van der Waals surface area contributed by atoms with Crippen molar-refractivity contribution in [3.05, 3.63) is 17.2 Å². The van der Waals surface area contributed by atoms with Gasteiger partial charge in [-0.2, -0.15) is 5.26 Å². The monoisotopic (exact) mass is 335 g/mol. The molecule has 1 fully saturated rings. The van der Waals surface area contributed by atoms with E-state index in [9.17, 15) is 10.4 Å². The molecule has 1 aromatic carbocycles. The van der Waals surface area contributed by atoms with Crippen molar-refractivity contribution < 1.29 is 19.3 Å². The van der Waals surface area contributed by atoms with Gasteiger partial charge in [0.15, 0.2) is 11.5 Å². The van der Waals surface area contributed by atoms with Crippen molar-refractivity contribution in [1.82, 2.24) is 4.90 Å². The van der Waals surface area contributed by atoms with Crippen LogP contribution in [0, 0.1) is 18.3 Å². The number of morpholine rings is 1. The topological polar surface area (TPSA) is 101 Å². The Kier molecular flexibility index (Phi) is 6.26. The predicted molar refractivity (Wildman–Crippen MR) is 89.4 cm³/mol. The summed E-state index contributed by atoms with van der Waals surface area (Å²) in [6.07, 6.45) is 0.414. The molecule has 7 heteroatoms. The predicted octanol–water partition coefficient (Wildman–Crippen LogP) is 0.812. The molecule has 1 heterocycles. The van der Waals surface area contributed by atoms with Gasteiger partial charge in [0, 0.05) is 24.7 Å². The van der Waals surface area contributed by atoms with Crippen LogP contribution in [0.25, 0.3) is 0 Å². The number of nitrogens with two attached hydrogens (primary N) is 1. The number of benzene rings is 1. The molecular formula is C17H25N3O4. The van der Waals surface area contributed by atoms with Gasteiger partial charge in [-0.1, -0.05) is 0 Å². The average molecular weight is 335 g/mol. The van der Waals surface area contributed by atoms with Crippen LogP contribution in [0.2, 0.25) is 0 Å². The van der Waals surface area contributed by atoms with Gasteiger partial charge in [0.25, 0.3) is 0 Å². The van der Waals surface area contributed by atoms with Crippen molar-refractivity contribution in [2.24, 2.45) is 5.73 Å². The second kappa shape index (κ2) is 8.20. The molecule has 0 saturated carbocycles. The standard InChI is InChI=1S/C17H25N3O4/c1-11-16(22-2)12(9-15(21)17(11)23-3)8-13(19)14(10-18)20-4-6-24-7-5-20/h9,13-14,21H,4-8,19H2,1-3H3/t13-,14+/m0/s1. The van der Waals surface area contributed by atoms with E-state index in [2.05, 4.69) is 6.07 Å². The molecule has 3 N–H and O–H groups in total. The highest BCUT2D eigenvalue weighted by Crippen LogP contribution is 2.39. The van der Waals surface area contributed by atoms with Crippen molar-refractivity contribution in [3.63, 3.8) is 0 Å². The molecule has 24 heavy (non-hydrogen) atoms. The summed E-state index contributed by atoms with van der Waals surface area (Å²) in [6.45, 7) is 4.41. The van der Waals surface area contributed by atoms with Crippen LogP contribution >= 0.6 is 0 Å². The van der Waals surface area contributed by atoms with Crippen LogP contribution < -0.4 is 15.2 Å². The third kappa shape index (κ3) is 3.73. The number of methoxy groups -OCH3 is 2. The smallest absolute Gasteiger partial charge is 0.167 e. The fourth-order valence-corrected chi connectivity index (χ4v) is 3.20. The van der Waals surface area contributed by atoms with Crippen molar-refractivity contribution >= 4 is 0 Å². The lowest BCUT2D eigenvalue weighted by Crippen LogP contribution is -2.52. The Morgan fingerprint density at radius 3 is 2.50 bits per heavy atom. The normalized spacial score (nSPS) is 17.8. The van der Waals surface area contributed by atoms with Crippen LogP contribution in [-0.2, 0) is 11.2 Å². The molecule has 2 rings (SSSR count). The summed E-state index contributed by atoms with van der Waals surface area (Å²) >= 11 is 0. The lowest BCUT2D eigenvalue weighted by molar-refractivity contribution is 0.0226. The molecule has 0 spiro atoms. The molecule has 0 radical (unpaired) electrons. The highest BCUT2D eigenvalue weighted by molar-refractivity contribution is 5.57. The third-order valence-electron chi connectivity index (χ3n) is 4.36. The van der Waals surface area contributed by atoms with Gasteiger partial charge in [-0.15, -0.1) is 0 Å². The first kappa shape index (κ1) is 18.3. The Balaban J connectivity index is 2.24. The van der Waals surface area contributed by atoms with Crippen molar-refractivity contribution in [2.45, 2.75) is 25.4 Å². The summed E-state index contributed by atoms with van der Waals surface area (Å²) in [4.78, 5) is 2.04. The number of phenolic OH excluding ortho intramolecular Hbond substituents is 1. The molecular weight excluding hydrogens is 310 g/mol. The van der Waals surface area contributed by atoms with Gasteiger partial charge in [0.2, 0.25) is 0 Å². The minimum atomic E-state index is -0.414. The van der Waals surface area contributed by atoms with E-state index in [1.54, 1.807) is 13.2 Å². The van der Waals surface area contributed by atoms with Crippen LogP contribution in [0.3, 0.4) is 0 Å². The lowest BCUT2D eigenvalue weighted by atomic mass is 9.96. The van der Waals surface area contributed by atoms with Gasteiger partial charge in [-0.3, -0.25) is 4.90 Å². The minimum Gasteiger partial charge on any atom is -0.504 e. The Morgan fingerprint density at radius 2 is 1.96 bits per heavy atom. The number of rotatable bonds is 6. The first-order valence-corrected chi connectivity index (χ1v) is 7.93. The Hall–Kier alpha value is -2.01. The summed E-state index contributed by atoms with van der Waals surface area (Å²) in [7, 11) is 3.06. The van der Waals surface area contributed by atoms with E-state index >= 15 is 0 Å². The maximum absolute atomic E-state index is 10.1. The van der Waals surface area contributed by atoms with Gasteiger partial charge in [-0.05, 0) is 25.0 Å². The average Bonchev–Trinajstić information content (AvgIpc) is 2.57. The SMILES string of the molecule is COc1c(O)cc(C[C@H](N)[C@@H](C#N)N2CCOCC2)c(OC)c1C. The highest BCUT2D eigenvalue weighted by Gasteiger charge is 2.28. The minimum absolute atomic E-state index is 0.0397. The number of ether oxygens (including phenoxy) is 3. The number of nitrogens with zero attached hydrogens (tertiary/aromatic N) is 2. The van der Waals surface area contributed by atoms with Gasteiger partial charge in [0.05, 0.1) is 33.5 Å². The maximum Gasteiger partial charge on any atom is 0.167 e. The number of nitriles is 1. The number of phenols is 1. The van der Waals surface area contributed by atoms with E-state index in [0.29, 0.717) is 49.8 Å². The largest absolute Gasteiger partial charge is 0.504 e. The second-order valence-electron chi connectivity index (χ2n) is 5.84. The summed E-state index contributed by atoms with van der Waals surface area (Å²) in [5.74, 6) is 1.05. The van der Waals surface area contributed by atoms with Gasteiger partial charge in [-0.25, -0.2) is 0 Å². The van der Waals surface area contributed by atoms with Crippen molar-refractivity contribution in [2.75, 3.05) is 40.5 Å². The van der Waals surface area contributed by atoms with Crippen LogP contribution in [0.15, 0.2) is 6.07 Å². The first-order valence-electron chi connectivity index (χ1n) is 7.93. The van der Waals surface area contributed by atoms with E-state index in [0.717, 1.165) is 5.56 Å². The second-order valence-corrected chi connectivity index (χ2v) is 5.84. The fraction of sp³-hybridized carbons (Fsp3) is 0.588. The molecule has 0 unspecified atom stereocenters. The zero-order valence-electron chi connectivity index (χ0n) is 14.4. The zero-order chi connectivity index (χ0) is 17.7. The Bertz CT molecular complexity index is 609. The van der Waals surface area contributed by atoms with Gasteiger partial charge in [0.1, 0.15) is 11.8 Å². The quantitative estimate of drug-likeness (QED) is 0.793. The van der Waals surface area contributed by atoms with E-state index in [1.165, 1.54) is 7.11 Å². The molecule has 0 amide bonds. The molecule has 1 aliphatic rings. The summed E-state index contributed by atoms with van der Waals surface area (Å²) in [6, 6.07) is 3.07. The molecule has 7 nitrogen and oxygen atoms in total. The molecule has 132 valence electrons. The van der Waals surface area contributed by atoms with Gasteiger partial charge < -0.3 is 25.1 Å². The number of hydrogen-bond acceptors (Lipinski definition) is 7. The zero-order valence-corrected chi connectivity index (χ0v) is 14.4. The summed E-state index contributed by atoms with van der Waals surface area (Å²) < 4.78 is 16.0. The summed E-state index contributed by atoms with van der Waals surface area (Å²) in [5, 5.41) is 19.7. The molecule has 1 aromatic rings. The van der Waals surface area contributed by atoms with Crippen molar-refractivity contribution in [3.8, 4) is 23.3 Å². The molecule has 0 aromatic heterocycles. The van der Waals surface area contributed by atoms with E-state index in [1.807, 2.05) is 11.8 Å². The lowest BCUT2D eigenvalue weighted by Gasteiger charge is -2.33. The van der Waals surface area contributed by atoms with Crippen LogP contribution in [0.5, 0.6) is 17.2 Å². The Morgan fingerprint density at radius 1 is 1.33 bits per heavy atom. The third-order valence-corrected chi connectivity index (χ3v) is 4.36. The first-order chi connectivity index (χ1) is 11.5. The molecule has 1 aliphatic heterocycles. The number of aromatic hydroxyl groups is 1. The molecule has 2 atom stereocenters. The summed E-state index contributed by atoms with van der Waals surface area (Å²) in [5.41, 5.74) is 7.78. The highest BCUT2D eigenvalue weighted by atomic mass is 16.5. The van der Waals surface area contributed by atoms with E-state index < -0.39 is 12.1 Å². The maximum atomic E-state index is 10.1. The van der Waals surface area contributed by atoms with Crippen molar-refractivity contribution in [1.29, 1.82) is 5.26 Å². The van der Waals surface area contributed by atoms with Crippen LogP contribution in [0.4, 0.5) is 0 Å². The van der Waals surface area contributed by atoms with E-state index in [-0.39, 0.29) is 5.75 Å². The Labute approximate surface area is 142 Å². The van der Waals surface area contributed by atoms with Crippen LogP contribution in [-0.4, -0.2) is 62.6 Å². The molecule has 1 saturated heterocycles. The fourth-order valence-electron chi connectivity index (χ4n) is 3.20. The molecule has 0 aliphatic carbocycles.